The minimum Gasteiger partial charge on any atom is -0.390 e. The number of hydrogen-bond donors (Lipinski definition) is 3. The van der Waals surface area contributed by atoms with Gasteiger partial charge in [-0.1, -0.05) is 6.92 Å². The first-order chi connectivity index (χ1) is 18.3. The van der Waals surface area contributed by atoms with Crippen LogP contribution < -0.4 is 15.5 Å². The maximum Gasteiger partial charge on any atom is 0.253 e. The molecule has 204 valence electrons. The third kappa shape index (κ3) is 5.41. The van der Waals surface area contributed by atoms with Crippen molar-refractivity contribution in [1.29, 1.82) is 0 Å². The van der Waals surface area contributed by atoms with Gasteiger partial charge in [0.25, 0.3) is 5.91 Å². The number of aliphatic hydroxyl groups is 1. The molecule has 5 heterocycles. The standard InChI is InChI=1S/C26H33F2N7O3/c1-3-15(2)35-12-17(25(37)31-20-6-9-38-14-19(20)28)16-11-30-24(10-21(16)35)32-23-4-7-29-26(33-23)34-8-5-22(36)18(27)13-34/h4,7,10-12,15,18-20,22,36H,3,5-6,8-9,13-14H2,1-2H3,(H,31,37)(H,29,30,32,33)/t15?,18-,19+,20?,22+/m0/s1. The van der Waals surface area contributed by atoms with Crippen LogP contribution in [0.3, 0.4) is 0 Å². The summed E-state index contributed by atoms with van der Waals surface area (Å²) in [5.74, 6) is 1.03. The number of amides is 1. The summed E-state index contributed by atoms with van der Waals surface area (Å²) in [6, 6.07) is 3.06. The second-order valence-electron chi connectivity index (χ2n) is 9.94. The number of carbonyl (C=O) groups is 1. The lowest BCUT2D eigenvalue weighted by atomic mass is 10.1. The molecule has 2 aliphatic rings. The SMILES string of the molecule is CCC(C)n1cc(C(=O)NC2CCOC[C@H]2F)c2cnc(Nc3ccnc(N4CC[C@@H](O)[C@@H](F)C4)n3)cc21. The molecule has 2 unspecified atom stereocenters. The molecule has 5 rings (SSSR count). The van der Waals surface area contributed by atoms with Crippen LogP contribution in [0.5, 0.6) is 0 Å². The van der Waals surface area contributed by atoms with Crippen LogP contribution in [0.1, 0.15) is 49.5 Å². The van der Waals surface area contributed by atoms with E-state index in [1.807, 2.05) is 10.6 Å². The molecule has 10 nitrogen and oxygen atoms in total. The van der Waals surface area contributed by atoms with Crippen LogP contribution >= 0.6 is 0 Å². The van der Waals surface area contributed by atoms with Crippen molar-refractivity contribution in [2.24, 2.45) is 0 Å². The van der Waals surface area contributed by atoms with Crippen molar-refractivity contribution in [2.45, 2.75) is 63.6 Å². The number of halogens is 2. The van der Waals surface area contributed by atoms with Gasteiger partial charge in [0.1, 0.15) is 24.0 Å². The Bertz CT molecular complexity index is 1290. The van der Waals surface area contributed by atoms with Crippen molar-refractivity contribution in [2.75, 3.05) is 36.5 Å². The van der Waals surface area contributed by atoms with Gasteiger partial charge in [0.2, 0.25) is 5.95 Å². The lowest BCUT2D eigenvalue weighted by molar-refractivity contribution is 0.0142. The van der Waals surface area contributed by atoms with Gasteiger partial charge in [0, 0.05) is 49.2 Å². The summed E-state index contributed by atoms with van der Waals surface area (Å²) in [5, 5.41) is 16.4. The predicted molar refractivity (Wildman–Crippen MR) is 139 cm³/mol. The van der Waals surface area contributed by atoms with Crippen molar-refractivity contribution in [3.8, 4) is 0 Å². The van der Waals surface area contributed by atoms with Crippen molar-refractivity contribution in [3.05, 3.63) is 36.3 Å². The quantitative estimate of drug-likeness (QED) is 0.427. The first kappa shape index (κ1) is 26.2. The number of alkyl halides is 2. The van der Waals surface area contributed by atoms with Crippen molar-refractivity contribution in [3.63, 3.8) is 0 Å². The van der Waals surface area contributed by atoms with Crippen molar-refractivity contribution >= 4 is 34.4 Å². The van der Waals surface area contributed by atoms with Crippen LogP contribution in [0, 0.1) is 0 Å². The zero-order valence-electron chi connectivity index (χ0n) is 21.5. The Morgan fingerprint density at radius 2 is 2.11 bits per heavy atom. The maximum absolute atomic E-state index is 14.3. The maximum atomic E-state index is 14.3. The van der Waals surface area contributed by atoms with Gasteiger partial charge in [0.15, 0.2) is 0 Å². The van der Waals surface area contributed by atoms with E-state index in [0.717, 1.165) is 11.9 Å². The molecule has 0 spiro atoms. The molecule has 0 aliphatic carbocycles. The first-order valence-corrected chi connectivity index (χ1v) is 13.0. The molecular formula is C26H33F2N7O3. The average molecular weight is 530 g/mol. The molecule has 38 heavy (non-hydrogen) atoms. The number of hydrogen-bond acceptors (Lipinski definition) is 8. The third-order valence-electron chi connectivity index (χ3n) is 7.32. The number of piperidine rings is 1. The van der Waals surface area contributed by atoms with E-state index in [9.17, 15) is 18.7 Å². The Morgan fingerprint density at radius 3 is 2.87 bits per heavy atom. The smallest absolute Gasteiger partial charge is 0.253 e. The molecule has 0 radical (unpaired) electrons. The van der Waals surface area contributed by atoms with Gasteiger partial charge in [-0.25, -0.2) is 18.7 Å². The van der Waals surface area contributed by atoms with Crippen LogP contribution in [0.15, 0.2) is 30.7 Å². The lowest BCUT2D eigenvalue weighted by Gasteiger charge is -2.32. The fourth-order valence-corrected chi connectivity index (χ4v) is 4.84. The minimum atomic E-state index is -1.35. The number of pyridine rings is 1. The number of nitrogens with zero attached hydrogens (tertiary/aromatic N) is 5. The largest absolute Gasteiger partial charge is 0.390 e. The van der Waals surface area contributed by atoms with E-state index in [0.29, 0.717) is 54.5 Å². The third-order valence-corrected chi connectivity index (χ3v) is 7.32. The molecule has 0 bridgehead atoms. The molecule has 2 fully saturated rings. The molecule has 0 aromatic carbocycles. The van der Waals surface area contributed by atoms with E-state index in [1.165, 1.54) is 0 Å². The van der Waals surface area contributed by atoms with Gasteiger partial charge in [0.05, 0.1) is 36.4 Å². The Hall–Kier alpha value is -3.38. The number of nitrogens with one attached hydrogen (secondary N) is 2. The number of aromatic nitrogens is 4. The van der Waals surface area contributed by atoms with Crippen molar-refractivity contribution < 1.29 is 23.4 Å². The molecule has 3 N–H and O–H groups in total. The van der Waals surface area contributed by atoms with Gasteiger partial charge in [-0.2, -0.15) is 4.98 Å². The van der Waals surface area contributed by atoms with E-state index in [2.05, 4.69) is 39.4 Å². The fraction of sp³-hybridized carbons (Fsp3) is 0.538. The molecule has 12 heteroatoms. The van der Waals surface area contributed by atoms with Gasteiger partial charge in [-0.15, -0.1) is 0 Å². The number of carbonyl (C=O) groups excluding carboxylic acids is 1. The van der Waals surface area contributed by atoms with E-state index < -0.39 is 24.5 Å². The molecule has 0 saturated carbocycles. The Balaban J connectivity index is 1.40. The van der Waals surface area contributed by atoms with Gasteiger partial charge in [-0.3, -0.25) is 4.79 Å². The van der Waals surface area contributed by atoms with Crippen molar-refractivity contribution in [1.82, 2.24) is 24.8 Å². The highest BCUT2D eigenvalue weighted by Gasteiger charge is 2.30. The van der Waals surface area contributed by atoms with Gasteiger partial charge in [-0.05, 0) is 32.3 Å². The highest BCUT2D eigenvalue weighted by atomic mass is 19.1. The molecule has 2 saturated heterocycles. The average Bonchev–Trinajstić information content (AvgIpc) is 3.30. The lowest BCUT2D eigenvalue weighted by Crippen LogP contribution is -2.46. The molecule has 2 aliphatic heterocycles. The van der Waals surface area contributed by atoms with Crippen LogP contribution in [0.4, 0.5) is 26.4 Å². The number of ether oxygens (including phenoxy) is 1. The van der Waals surface area contributed by atoms with Gasteiger partial charge >= 0.3 is 0 Å². The molecule has 5 atom stereocenters. The number of fused-ring (bicyclic) bond motifs is 1. The Kier molecular flexibility index (Phi) is 7.70. The fourth-order valence-electron chi connectivity index (χ4n) is 4.84. The summed E-state index contributed by atoms with van der Waals surface area (Å²) in [7, 11) is 0. The number of rotatable bonds is 7. The zero-order valence-corrected chi connectivity index (χ0v) is 21.5. The second kappa shape index (κ2) is 11.2. The monoisotopic (exact) mass is 529 g/mol. The summed E-state index contributed by atoms with van der Waals surface area (Å²) in [5.41, 5.74) is 1.25. The van der Waals surface area contributed by atoms with Crippen LogP contribution in [-0.2, 0) is 4.74 Å². The summed E-state index contributed by atoms with van der Waals surface area (Å²) in [6.45, 7) is 5.01. The molecule has 1 amide bonds. The molecule has 3 aromatic heterocycles. The summed E-state index contributed by atoms with van der Waals surface area (Å²) < 4.78 is 35.5. The summed E-state index contributed by atoms with van der Waals surface area (Å²) >= 11 is 0. The van der Waals surface area contributed by atoms with Crippen LogP contribution in [0.25, 0.3) is 10.9 Å². The van der Waals surface area contributed by atoms with E-state index in [4.69, 9.17) is 4.74 Å². The second-order valence-corrected chi connectivity index (χ2v) is 9.94. The van der Waals surface area contributed by atoms with E-state index in [-0.39, 0.29) is 25.1 Å². The summed E-state index contributed by atoms with van der Waals surface area (Å²) in [6.07, 6.45) is 3.03. The van der Waals surface area contributed by atoms with Crippen LogP contribution in [-0.4, -0.2) is 81.3 Å². The van der Waals surface area contributed by atoms with Gasteiger partial charge < -0.3 is 29.9 Å². The number of anilines is 3. The molecular weight excluding hydrogens is 496 g/mol. The van der Waals surface area contributed by atoms with E-state index in [1.54, 1.807) is 29.6 Å². The van der Waals surface area contributed by atoms with E-state index >= 15 is 0 Å². The Morgan fingerprint density at radius 1 is 1.26 bits per heavy atom. The minimum absolute atomic E-state index is 0.0189. The van der Waals surface area contributed by atoms with Crippen LogP contribution in [0.2, 0.25) is 0 Å². The summed E-state index contributed by atoms with van der Waals surface area (Å²) in [4.78, 5) is 28.1. The molecule has 3 aromatic rings. The topological polar surface area (TPSA) is 117 Å². The zero-order chi connectivity index (χ0) is 26.8. The Labute approximate surface area is 219 Å². The highest BCUT2D eigenvalue weighted by Crippen LogP contribution is 2.29. The predicted octanol–water partition coefficient (Wildman–Crippen LogP) is 3.31. The highest BCUT2D eigenvalue weighted by molar-refractivity contribution is 6.07. The first-order valence-electron chi connectivity index (χ1n) is 13.0. The normalized spacial score (nSPS) is 24.8. The number of aliphatic hydroxyl groups excluding tert-OH is 1.